The van der Waals surface area contributed by atoms with Gasteiger partial charge in [0, 0.05) is 0 Å². The van der Waals surface area contributed by atoms with Gasteiger partial charge in [-0.25, -0.2) is 0 Å². The molecule has 0 aliphatic rings. The van der Waals surface area contributed by atoms with E-state index in [-0.39, 0.29) is 11.4 Å². The van der Waals surface area contributed by atoms with Crippen molar-refractivity contribution in [2.75, 3.05) is 18.5 Å². The first-order chi connectivity index (χ1) is 12.7. The van der Waals surface area contributed by atoms with Crippen LogP contribution < -0.4 is 5.32 Å². The van der Waals surface area contributed by atoms with Gasteiger partial charge in [-0.05, 0) is 0 Å². The van der Waals surface area contributed by atoms with Crippen LogP contribution in [0.4, 0.5) is 4.79 Å². The Morgan fingerprint density at radius 2 is 1.41 bits per heavy atom. The van der Waals surface area contributed by atoms with Crippen LogP contribution in [-0.4, -0.2) is 36.3 Å². The predicted molar refractivity (Wildman–Crippen MR) is 120 cm³/mol. The van der Waals surface area contributed by atoms with Crippen molar-refractivity contribution in [3.63, 3.8) is 0 Å². The van der Waals surface area contributed by atoms with Crippen LogP contribution in [0.1, 0.15) is 86.0 Å². The molecule has 0 aromatic rings. The first kappa shape index (κ1) is 26.4. The van der Waals surface area contributed by atoms with Crippen LogP contribution in [0.3, 0.4) is 0 Å². The molecule has 0 aromatic heterocycles. The van der Waals surface area contributed by atoms with E-state index in [9.17, 15) is 9.59 Å². The molecule has 0 radical (unpaired) electrons. The van der Waals surface area contributed by atoms with Crippen LogP contribution >= 0.6 is 17.2 Å². The SMILES string of the molecule is C=C(C)C(=O)NC(=O)OC(CCC)P(Cl)(CCCC)(CCCC)CCCC. The Bertz CT molecular complexity index is 471. The Morgan fingerprint density at radius 1 is 0.963 bits per heavy atom. The molecule has 160 valence electrons. The Morgan fingerprint density at radius 3 is 1.74 bits per heavy atom. The van der Waals surface area contributed by atoms with Gasteiger partial charge in [-0.2, -0.15) is 0 Å². The van der Waals surface area contributed by atoms with Gasteiger partial charge < -0.3 is 0 Å². The number of unbranched alkanes of at least 4 members (excludes halogenated alkanes) is 3. The fraction of sp³-hybridized carbons (Fsp3) is 0.810. The zero-order valence-corrected chi connectivity index (χ0v) is 19.8. The first-order valence-electron chi connectivity index (χ1n) is 10.6. The molecule has 27 heavy (non-hydrogen) atoms. The van der Waals surface area contributed by atoms with Crippen LogP contribution in [-0.2, 0) is 9.53 Å². The van der Waals surface area contributed by atoms with E-state index >= 15 is 0 Å². The zero-order valence-electron chi connectivity index (χ0n) is 18.1. The van der Waals surface area contributed by atoms with Gasteiger partial charge in [-0.15, -0.1) is 0 Å². The second-order valence-electron chi connectivity index (χ2n) is 7.79. The van der Waals surface area contributed by atoms with E-state index < -0.39 is 18.0 Å². The summed E-state index contributed by atoms with van der Waals surface area (Å²) in [4.78, 5) is 24.2. The number of halogens is 1. The molecular formula is C21H41ClNO3P. The second-order valence-corrected chi connectivity index (χ2v) is 15.8. The van der Waals surface area contributed by atoms with Gasteiger partial charge in [0.05, 0.1) is 0 Å². The number of imide groups is 1. The van der Waals surface area contributed by atoms with Crippen LogP contribution in [0.2, 0.25) is 0 Å². The average Bonchev–Trinajstić information content (AvgIpc) is 2.63. The maximum atomic E-state index is 12.4. The van der Waals surface area contributed by atoms with Crippen molar-refractivity contribution in [2.45, 2.75) is 91.8 Å². The summed E-state index contributed by atoms with van der Waals surface area (Å²) in [5.74, 6) is -3.59. The predicted octanol–water partition coefficient (Wildman–Crippen LogP) is 7.05. The number of amides is 2. The molecule has 2 amide bonds. The van der Waals surface area contributed by atoms with Crippen molar-refractivity contribution in [3.05, 3.63) is 12.2 Å². The molecule has 0 aliphatic heterocycles. The van der Waals surface area contributed by atoms with Crippen molar-refractivity contribution < 1.29 is 14.3 Å². The van der Waals surface area contributed by atoms with Crippen LogP contribution in [0.25, 0.3) is 0 Å². The van der Waals surface area contributed by atoms with Gasteiger partial charge in [0.25, 0.3) is 0 Å². The summed E-state index contributed by atoms with van der Waals surface area (Å²) in [6.45, 7) is 13.7. The number of rotatable bonds is 14. The van der Waals surface area contributed by atoms with E-state index in [2.05, 4.69) is 39.6 Å². The van der Waals surface area contributed by atoms with E-state index in [0.29, 0.717) is 0 Å². The van der Waals surface area contributed by atoms with Gasteiger partial charge in [-0.1, -0.05) is 0 Å². The third kappa shape index (κ3) is 8.52. The molecule has 0 heterocycles. The molecule has 1 unspecified atom stereocenters. The number of ether oxygens (including phenoxy) is 1. The number of carbonyl (C=O) groups is 2. The summed E-state index contributed by atoms with van der Waals surface area (Å²) in [5.41, 5.74) is 0.283. The maximum absolute atomic E-state index is 12.4. The number of alkyl carbamates (subject to hydrolysis) is 1. The Kier molecular flexibility index (Phi) is 12.5. The molecule has 6 heteroatoms. The summed E-state index contributed by atoms with van der Waals surface area (Å²) < 4.78 is 5.89. The molecule has 0 bridgehead atoms. The van der Waals surface area contributed by atoms with Gasteiger partial charge in [-0.3, -0.25) is 0 Å². The topological polar surface area (TPSA) is 55.4 Å². The number of nitrogens with one attached hydrogen (secondary N) is 1. The molecule has 0 aromatic carbocycles. The standard InChI is InChI=1S/C21H41ClNO3P/c1-7-11-15-27(22,16-12-8-2,17-13-9-3)19(14-10-4)26-21(25)23-20(24)18(5)6/h19H,5,7-17H2,1-4,6H3,(H,23,24,25). The summed E-state index contributed by atoms with van der Waals surface area (Å²) in [7, 11) is 0. The molecule has 0 spiro atoms. The van der Waals surface area contributed by atoms with E-state index in [0.717, 1.165) is 69.9 Å². The first-order valence-corrected chi connectivity index (χ1v) is 14.3. The van der Waals surface area contributed by atoms with Crippen LogP contribution in [0.5, 0.6) is 0 Å². The number of hydrogen-bond donors (Lipinski definition) is 1. The van der Waals surface area contributed by atoms with Crippen molar-refractivity contribution >= 4 is 29.2 Å². The van der Waals surface area contributed by atoms with E-state index in [1.165, 1.54) is 0 Å². The molecular weight excluding hydrogens is 381 g/mol. The van der Waals surface area contributed by atoms with Gasteiger partial charge in [0.1, 0.15) is 0 Å². The Balaban J connectivity index is 5.77. The second kappa shape index (κ2) is 12.8. The Hall–Kier alpha value is -0.600. The molecule has 0 saturated heterocycles. The molecule has 0 fully saturated rings. The molecule has 0 aliphatic carbocycles. The minimum absolute atomic E-state index is 0.283. The van der Waals surface area contributed by atoms with Gasteiger partial charge >= 0.3 is 171 Å². The van der Waals surface area contributed by atoms with Gasteiger partial charge in [0.15, 0.2) is 0 Å². The molecule has 1 N–H and O–H groups in total. The molecule has 4 nitrogen and oxygen atoms in total. The van der Waals surface area contributed by atoms with Crippen LogP contribution in [0.15, 0.2) is 12.2 Å². The fourth-order valence-corrected chi connectivity index (χ4v) is 11.0. The summed E-state index contributed by atoms with van der Waals surface area (Å²) in [5, 5.41) is 2.29. The zero-order chi connectivity index (χ0) is 20.9. The van der Waals surface area contributed by atoms with E-state index in [1.54, 1.807) is 6.92 Å². The van der Waals surface area contributed by atoms with E-state index in [1.807, 2.05) is 0 Å². The number of hydrogen-bond acceptors (Lipinski definition) is 3. The normalized spacial score (nSPS) is 14.1. The van der Waals surface area contributed by atoms with Crippen LogP contribution in [0, 0.1) is 0 Å². The van der Waals surface area contributed by atoms with Crippen molar-refractivity contribution in [1.29, 1.82) is 0 Å². The number of carbonyl (C=O) groups excluding carboxylic acids is 2. The minimum atomic E-state index is -2.79. The third-order valence-corrected chi connectivity index (χ3v) is 13.3. The van der Waals surface area contributed by atoms with Crippen molar-refractivity contribution in [3.8, 4) is 0 Å². The summed E-state index contributed by atoms with van der Waals surface area (Å²) in [6, 6.07) is 0. The molecule has 0 saturated carbocycles. The third-order valence-electron chi connectivity index (χ3n) is 5.23. The average molecular weight is 422 g/mol. The summed E-state index contributed by atoms with van der Waals surface area (Å²) >= 11 is 7.65. The van der Waals surface area contributed by atoms with Crippen molar-refractivity contribution in [1.82, 2.24) is 5.32 Å². The summed E-state index contributed by atoms with van der Waals surface area (Å²) in [6.07, 6.45) is 10.1. The Labute approximate surface area is 171 Å². The molecule has 0 rings (SSSR count). The van der Waals surface area contributed by atoms with E-state index in [4.69, 9.17) is 16.0 Å². The fourth-order valence-electron chi connectivity index (χ4n) is 3.48. The van der Waals surface area contributed by atoms with Crippen molar-refractivity contribution in [2.24, 2.45) is 0 Å². The quantitative estimate of drug-likeness (QED) is 0.241. The van der Waals surface area contributed by atoms with Gasteiger partial charge in [0.2, 0.25) is 0 Å². The molecule has 1 atom stereocenters. The monoisotopic (exact) mass is 421 g/mol.